The minimum absolute atomic E-state index is 0.0508. The van der Waals surface area contributed by atoms with Crippen LogP contribution < -0.4 is 10.6 Å². The second-order valence-corrected chi connectivity index (χ2v) is 10.1. The van der Waals surface area contributed by atoms with Gasteiger partial charge in [0.1, 0.15) is 18.7 Å². The maximum atomic E-state index is 13.6. The first kappa shape index (κ1) is 29.7. The van der Waals surface area contributed by atoms with Crippen LogP contribution >= 0.6 is 0 Å². The first-order chi connectivity index (χ1) is 18.7. The highest BCUT2D eigenvalue weighted by molar-refractivity contribution is 5.92. The van der Waals surface area contributed by atoms with Crippen molar-refractivity contribution in [1.82, 2.24) is 10.6 Å². The van der Waals surface area contributed by atoms with Crippen LogP contribution in [0.15, 0.2) is 60.7 Å². The van der Waals surface area contributed by atoms with Gasteiger partial charge in [-0.05, 0) is 42.7 Å². The van der Waals surface area contributed by atoms with Crippen LogP contribution in [0, 0.1) is 5.92 Å². The topological polar surface area (TPSA) is 120 Å². The summed E-state index contributed by atoms with van der Waals surface area (Å²) in [6.45, 7) is 3.59. The second-order valence-electron chi connectivity index (χ2n) is 10.1. The van der Waals surface area contributed by atoms with Crippen molar-refractivity contribution in [3.05, 3.63) is 71.8 Å². The van der Waals surface area contributed by atoms with E-state index in [-0.39, 0.29) is 18.9 Å². The fourth-order valence-electron chi connectivity index (χ4n) is 4.62. The summed E-state index contributed by atoms with van der Waals surface area (Å²) in [7, 11) is 1.26. The van der Waals surface area contributed by atoms with E-state index in [0.717, 1.165) is 17.5 Å². The zero-order valence-electron chi connectivity index (χ0n) is 22.8. The average Bonchev–Trinajstić information content (AvgIpc) is 2.95. The predicted molar refractivity (Wildman–Crippen MR) is 144 cm³/mol. The number of hydrogen-bond donors (Lipinski definition) is 2. The Kier molecular flexibility index (Phi) is 10.9. The first-order valence-corrected chi connectivity index (χ1v) is 13.4. The van der Waals surface area contributed by atoms with Crippen LogP contribution in [-0.4, -0.2) is 48.7 Å². The van der Waals surface area contributed by atoms with E-state index in [4.69, 9.17) is 14.2 Å². The third-order valence-corrected chi connectivity index (χ3v) is 6.85. The van der Waals surface area contributed by atoms with Crippen LogP contribution in [0.3, 0.4) is 0 Å². The summed E-state index contributed by atoms with van der Waals surface area (Å²) in [4.78, 5) is 52.1. The second kappa shape index (κ2) is 14.3. The molecule has 210 valence electrons. The van der Waals surface area contributed by atoms with E-state index in [1.807, 2.05) is 60.7 Å². The van der Waals surface area contributed by atoms with Gasteiger partial charge in [0.25, 0.3) is 5.91 Å². The zero-order chi connectivity index (χ0) is 28.3. The summed E-state index contributed by atoms with van der Waals surface area (Å²) >= 11 is 0. The highest BCUT2D eigenvalue weighted by Crippen LogP contribution is 2.33. The van der Waals surface area contributed by atoms with Crippen molar-refractivity contribution in [3.63, 3.8) is 0 Å². The molecule has 2 atom stereocenters. The van der Waals surface area contributed by atoms with Gasteiger partial charge in [0.15, 0.2) is 5.60 Å². The number of amides is 2. The molecule has 1 saturated carbocycles. The number of esters is 2. The van der Waals surface area contributed by atoms with Crippen molar-refractivity contribution >= 4 is 23.9 Å². The van der Waals surface area contributed by atoms with Gasteiger partial charge in [0.05, 0.1) is 7.11 Å². The number of rotatable bonds is 11. The molecule has 0 heterocycles. The molecule has 1 fully saturated rings. The predicted octanol–water partition coefficient (Wildman–Crippen LogP) is 4.08. The Morgan fingerprint density at radius 3 is 1.97 bits per heavy atom. The number of ether oxygens (including phenoxy) is 3. The minimum atomic E-state index is -1.46. The van der Waals surface area contributed by atoms with Crippen LogP contribution in [0.1, 0.15) is 57.1 Å². The summed E-state index contributed by atoms with van der Waals surface area (Å²) in [5, 5.41) is 5.37. The normalized spacial score (nSPS) is 15.9. The maximum Gasteiger partial charge on any atom is 0.408 e. The monoisotopic (exact) mass is 538 g/mol. The molecule has 9 nitrogen and oxygen atoms in total. The fraction of sp³-hybridized carbons (Fsp3) is 0.467. The molecule has 0 aliphatic heterocycles. The third-order valence-electron chi connectivity index (χ3n) is 6.85. The van der Waals surface area contributed by atoms with Crippen LogP contribution in [0.5, 0.6) is 0 Å². The number of carbonyl (C=O) groups excluding carboxylic acids is 4. The largest absolute Gasteiger partial charge is 0.467 e. The summed E-state index contributed by atoms with van der Waals surface area (Å²) in [5.41, 5.74) is 0.201. The molecule has 39 heavy (non-hydrogen) atoms. The van der Waals surface area contributed by atoms with Gasteiger partial charge in [-0.3, -0.25) is 4.79 Å². The molecule has 2 aromatic carbocycles. The maximum absolute atomic E-state index is 13.6. The molecule has 0 unspecified atom stereocenters. The molecule has 1 aliphatic rings. The zero-order valence-corrected chi connectivity index (χ0v) is 22.8. The van der Waals surface area contributed by atoms with Crippen LogP contribution in [-0.2, 0) is 41.6 Å². The van der Waals surface area contributed by atoms with Gasteiger partial charge < -0.3 is 24.8 Å². The number of alkyl carbamates (subject to hydrolysis) is 1. The van der Waals surface area contributed by atoms with Crippen molar-refractivity contribution in [1.29, 1.82) is 0 Å². The molecule has 0 aromatic heterocycles. The average molecular weight is 539 g/mol. The number of nitrogens with one attached hydrogen (secondary N) is 2. The number of methoxy groups -OCH3 is 1. The molecule has 0 radical (unpaired) electrons. The molecule has 2 amide bonds. The highest BCUT2D eigenvalue weighted by atomic mass is 16.6. The van der Waals surface area contributed by atoms with Gasteiger partial charge in [-0.1, -0.05) is 80.9 Å². The smallest absolute Gasteiger partial charge is 0.408 e. The first-order valence-electron chi connectivity index (χ1n) is 13.4. The lowest BCUT2D eigenvalue weighted by Gasteiger charge is -2.37. The molecule has 1 aliphatic carbocycles. The quantitative estimate of drug-likeness (QED) is 0.327. The molecule has 0 bridgehead atoms. The lowest BCUT2D eigenvalue weighted by Crippen LogP contribution is -2.58. The van der Waals surface area contributed by atoms with Crippen molar-refractivity contribution in [2.45, 2.75) is 76.7 Å². The SMILES string of the molecule is COC(=O)[C@@H](Cc1ccccc1)NC(=O)C1(OC(=O)[C@@H](NC(=O)OCc2ccccc2)C(C)C)CCCCC1. The van der Waals surface area contributed by atoms with Crippen molar-refractivity contribution < 1.29 is 33.4 Å². The van der Waals surface area contributed by atoms with Crippen LogP contribution in [0.25, 0.3) is 0 Å². The summed E-state index contributed by atoms with van der Waals surface area (Å²) < 4.78 is 16.1. The summed E-state index contributed by atoms with van der Waals surface area (Å²) in [6.07, 6.45) is 2.36. The van der Waals surface area contributed by atoms with Gasteiger partial charge in [0, 0.05) is 6.42 Å². The fourth-order valence-corrected chi connectivity index (χ4v) is 4.62. The molecular formula is C30H38N2O7. The Morgan fingerprint density at radius 1 is 0.821 bits per heavy atom. The Balaban J connectivity index is 1.71. The van der Waals surface area contributed by atoms with E-state index >= 15 is 0 Å². The van der Waals surface area contributed by atoms with Gasteiger partial charge >= 0.3 is 18.0 Å². The molecule has 3 rings (SSSR count). The molecule has 9 heteroatoms. The van der Waals surface area contributed by atoms with E-state index in [9.17, 15) is 19.2 Å². The Labute approximate surface area is 229 Å². The van der Waals surface area contributed by atoms with Crippen molar-refractivity contribution in [2.24, 2.45) is 5.92 Å². The highest BCUT2D eigenvalue weighted by Gasteiger charge is 2.46. The third kappa shape index (κ3) is 8.56. The van der Waals surface area contributed by atoms with E-state index < -0.39 is 41.6 Å². The molecule has 0 saturated heterocycles. The van der Waals surface area contributed by atoms with Gasteiger partial charge in [-0.15, -0.1) is 0 Å². The summed E-state index contributed by atoms with van der Waals surface area (Å²) in [6, 6.07) is 16.5. The van der Waals surface area contributed by atoms with Gasteiger partial charge in [-0.25, -0.2) is 14.4 Å². The number of benzene rings is 2. The lowest BCUT2D eigenvalue weighted by molar-refractivity contribution is -0.176. The molecule has 0 spiro atoms. The molecule has 2 aromatic rings. The van der Waals surface area contributed by atoms with Gasteiger partial charge in [-0.2, -0.15) is 0 Å². The van der Waals surface area contributed by atoms with E-state index in [0.29, 0.717) is 25.7 Å². The summed E-state index contributed by atoms with van der Waals surface area (Å²) in [5.74, 6) is -2.19. The Hall–Kier alpha value is -3.88. The minimum Gasteiger partial charge on any atom is -0.467 e. The standard InChI is InChI=1S/C30H38N2O7/c1-21(2)25(32-29(36)38-20-23-15-9-5-10-16-23)27(34)39-30(17-11-6-12-18-30)28(35)31-24(26(33)37-3)19-22-13-7-4-8-14-22/h4-5,7-10,13-16,21,24-25H,6,11-12,17-20H2,1-3H3,(H,31,35)(H,32,36)/t24-,25+/m1/s1. The Morgan fingerprint density at radius 2 is 1.41 bits per heavy atom. The number of hydrogen-bond acceptors (Lipinski definition) is 7. The van der Waals surface area contributed by atoms with E-state index in [1.54, 1.807) is 13.8 Å². The van der Waals surface area contributed by atoms with E-state index in [2.05, 4.69) is 10.6 Å². The van der Waals surface area contributed by atoms with E-state index in [1.165, 1.54) is 7.11 Å². The van der Waals surface area contributed by atoms with Crippen LogP contribution in [0.4, 0.5) is 4.79 Å². The van der Waals surface area contributed by atoms with Crippen molar-refractivity contribution in [3.8, 4) is 0 Å². The van der Waals surface area contributed by atoms with Gasteiger partial charge in [0.2, 0.25) is 0 Å². The number of carbonyl (C=O) groups is 4. The molecule has 2 N–H and O–H groups in total. The molecular weight excluding hydrogens is 500 g/mol. The lowest BCUT2D eigenvalue weighted by atomic mass is 9.83. The Bertz CT molecular complexity index is 1100. The van der Waals surface area contributed by atoms with Crippen molar-refractivity contribution in [2.75, 3.05) is 7.11 Å². The van der Waals surface area contributed by atoms with Crippen LogP contribution in [0.2, 0.25) is 0 Å².